The van der Waals surface area contributed by atoms with E-state index in [1.807, 2.05) is 60.8 Å². The Morgan fingerprint density at radius 1 is 0.360 bits per heavy atom. The molecule has 0 N–H and O–H groups in total. The third-order valence-electron chi connectivity index (χ3n) is 9.03. The molecule has 0 aliphatic heterocycles. The molecule has 238 valence electrons. The van der Waals surface area contributed by atoms with Crippen molar-refractivity contribution in [1.29, 1.82) is 0 Å². The molecule has 0 spiro atoms. The van der Waals surface area contributed by atoms with Crippen molar-refractivity contribution in [2.75, 3.05) is 0 Å². The predicted molar refractivity (Wildman–Crippen MR) is 198 cm³/mol. The SMILES string of the molecule is [Pt+2].[c-]1c(Oc2[c-]c(-c3cc(-c4ccc5c(c4)-c4ccccc4-c4ccccc4-c4ccccc4-5)ccn3)ccc2)cccc1-c1ccccn1. The first kappa shape index (κ1) is 31.4. The molecule has 2 aromatic heterocycles. The predicted octanol–water partition coefficient (Wildman–Crippen LogP) is 11.8. The smallest absolute Gasteiger partial charge is 0.497 e. The summed E-state index contributed by atoms with van der Waals surface area (Å²) in [7, 11) is 0. The number of rotatable bonds is 5. The molecular weight excluding hydrogens is 792 g/mol. The first-order valence-electron chi connectivity index (χ1n) is 16.3. The number of fused-ring (bicyclic) bond motifs is 8. The van der Waals surface area contributed by atoms with Gasteiger partial charge in [-0.3, -0.25) is 0 Å². The van der Waals surface area contributed by atoms with E-state index in [-0.39, 0.29) is 21.1 Å². The van der Waals surface area contributed by atoms with Crippen LogP contribution in [0.5, 0.6) is 11.5 Å². The molecule has 0 radical (unpaired) electrons. The Balaban J connectivity index is 0.00000361. The average molecular weight is 820 g/mol. The van der Waals surface area contributed by atoms with Gasteiger partial charge in [0.15, 0.2) is 0 Å². The van der Waals surface area contributed by atoms with Crippen LogP contribution in [0.4, 0.5) is 0 Å². The molecule has 4 heteroatoms. The summed E-state index contributed by atoms with van der Waals surface area (Å²) in [5, 5.41) is 0. The van der Waals surface area contributed by atoms with Crippen molar-refractivity contribution in [3.8, 4) is 89.6 Å². The van der Waals surface area contributed by atoms with Crippen LogP contribution in [0, 0.1) is 12.1 Å². The topological polar surface area (TPSA) is 35.0 Å². The van der Waals surface area contributed by atoms with E-state index >= 15 is 0 Å². The van der Waals surface area contributed by atoms with Gasteiger partial charge in [0.1, 0.15) is 0 Å². The maximum atomic E-state index is 6.22. The molecule has 0 saturated heterocycles. The minimum absolute atomic E-state index is 0. The Bertz CT molecular complexity index is 2480. The number of nitrogens with zero attached hydrogens (tertiary/aromatic N) is 2. The van der Waals surface area contributed by atoms with E-state index in [2.05, 4.69) is 120 Å². The Hall–Kier alpha value is -5.89. The molecular formula is C46H28N2OPt. The standard InChI is InChI=1S/C46H28N2O.Pt/c1-2-16-38-37(15-1)39-17-3-4-19-41(39)43-23-22-31(29-44(43)42-20-6-5-18-40(38)42)32-24-26-48-46(30-32)34-12-10-14-36(28-34)49-35-13-9-11-33(27-35)45-21-7-8-25-47-45;/h1-26,29-30H;/q-2;+2. The largest absolute Gasteiger partial charge is 2.00 e. The van der Waals surface area contributed by atoms with Gasteiger partial charge in [-0.1, -0.05) is 115 Å². The zero-order valence-electron chi connectivity index (χ0n) is 26.8. The van der Waals surface area contributed by atoms with E-state index in [1.54, 1.807) is 6.20 Å². The van der Waals surface area contributed by atoms with Crippen molar-refractivity contribution >= 4 is 0 Å². The molecule has 0 atom stereocenters. The number of pyridine rings is 2. The zero-order chi connectivity index (χ0) is 32.6. The number of ether oxygens (including phenoxy) is 1. The molecule has 3 nitrogen and oxygen atoms in total. The van der Waals surface area contributed by atoms with Crippen LogP contribution in [0.3, 0.4) is 0 Å². The van der Waals surface area contributed by atoms with E-state index in [0.29, 0.717) is 11.5 Å². The molecule has 0 unspecified atom stereocenters. The van der Waals surface area contributed by atoms with Crippen molar-refractivity contribution in [2.24, 2.45) is 0 Å². The van der Waals surface area contributed by atoms with Gasteiger partial charge >= 0.3 is 21.1 Å². The van der Waals surface area contributed by atoms with Crippen molar-refractivity contribution in [3.05, 3.63) is 182 Å². The van der Waals surface area contributed by atoms with Crippen molar-refractivity contribution in [2.45, 2.75) is 0 Å². The fraction of sp³-hybridized carbons (Fsp3) is 0. The fourth-order valence-corrected chi connectivity index (χ4v) is 6.75. The normalized spacial score (nSPS) is 11.0. The van der Waals surface area contributed by atoms with Gasteiger partial charge < -0.3 is 14.7 Å². The van der Waals surface area contributed by atoms with Crippen LogP contribution < -0.4 is 4.74 Å². The van der Waals surface area contributed by atoms with Crippen LogP contribution in [0.1, 0.15) is 0 Å². The van der Waals surface area contributed by atoms with Gasteiger partial charge in [-0.25, -0.2) is 0 Å². The summed E-state index contributed by atoms with van der Waals surface area (Å²) in [6.45, 7) is 0. The second kappa shape index (κ2) is 13.5. The maximum Gasteiger partial charge on any atom is 2.00 e. The Labute approximate surface area is 306 Å². The molecule has 0 saturated carbocycles. The molecule has 6 aromatic carbocycles. The van der Waals surface area contributed by atoms with Crippen molar-refractivity contribution in [1.82, 2.24) is 9.97 Å². The van der Waals surface area contributed by atoms with Crippen LogP contribution in [-0.2, 0) is 21.1 Å². The van der Waals surface area contributed by atoms with Crippen molar-refractivity contribution < 1.29 is 25.8 Å². The van der Waals surface area contributed by atoms with Gasteiger partial charge in [-0.05, 0) is 85.2 Å². The van der Waals surface area contributed by atoms with Gasteiger partial charge in [0.2, 0.25) is 0 Å². The molecule has 0 amide bonds. The number of aromatic nitrogens is 2. The Kier molecular flexibility index (Phi) is 8.50. The Morgan fingerprint density at radius 2 is 0.840 bits per heavy atom. The summed E-state index contributed by atoms with van der Waals surface area (Å²) in [6.07, 6.45) is 3.64. The summed E-state index contributed by atoms with van der Waals surface area (Å²) in [5.74, 6) is 1.19. The summed E-state index contributed by atoms with van der Waals surface area (Å²) in [5.41, 5.74) is 15.4. The third-order valence-corrected chi connectivity index (χ3v) is 9.03. The van der Waals surface area contributed by atoms with Gasteiger partial charge in [-0.2, -0.15) is 0 Å². The van der Waals surface area contributed by atoms with Gasteiger partial charge in [0.25, 0.3) is 0 Å². The summed E-state index contributed by atoms with van der Waals surface area (Å²) >= 11 is 0. The quantitative estimate of drug-likeness (QED) is 0.162. The van der Waals surface area contributed by atoms with Gasteiger partial charge in [0.05, 0.1) is 0 Å². The fourth-order valence-electron chi connectivity index (χ4n) is 6.75. The summed E-state index contributed by atoms with van der Waals surface area (Å²) in [4.78, 5) is 9.18. The van der Waals surface area contributed by atoms with E-state index in [9.17, 15) is 0 Å². The van der Waals surface area contributed by atoms with Gasteiger partial charge in [0, 0.05) is 23.9 Å². The third kappa shape index (κ3) is 5.87. The average Bonchev–Trinajstić information content (AvgIpc) is 3.18. The zero-order valence-corrected chi connectivity index (χ0v) is 29.1. The van der Waals surface area contributed by atoms with Crippen LogP contribution in [-0.4, -0.2) is 9.97 Å². The summed E-state index contributed by atoms with van der Waals surface area (Å²) in [6, 6.07) is 61.5. The van der Waals surface area contributed by atoms with E-state index in [0.717, 1.165) is 33.6 Å². The second-order valence-corrected chi connectivity index (χ2v) is 12.0. The summed E-state index contributed by atoms with van der Waals surface area (Å²) < 4.78 is 6.22. The van der Waals surface area contributed by atoms with E-state index in [1.165, 1.54) is 44.5 Å². The minimum Gasteiger partial charge on any atom is -0.497 e. The van der Waals surface area contributed by atoms with Crippen LogP contribution >= 0.6 is 0 Å². The molecule has 2 heterocycles. The molecule has 50 heavy (non-hydrogen) atoms. The number of hydrogen-bond donors (Lipinski definition) is 0. The molecule has 9 rings (SSSR count). The Morgan fingerprint density at radius 3 is 1.40 bits per heavy atom. The maximum absolute atomic E-state index is 6.22. The van der Waals surface area contributed by atoms with Crippen LogP contribution in [0.25, 0.3) is 78.1 Å². The number of hydrogen-bond acceptors (Lipinski definition) is 3. The molecule has 1 aliphatic carbocycles. The van der Waals surface area contributed by atoms with Crippen LogP contribution in [0.15, 0.2) is 170 Å². The van der Waals surface area contributed by atoms with Crippen molar-refractivity contribution in [3.63, 3.8) is 0 Å². The number of benzene rings is 6. The van der Waals surface area contributed by atoms with E-state index < -0.39 is 0 Å². The van der Waals surface area contributed by atoms with E-state index in [4.69, 9.17) is 9.72 Å². The first-order valence-corrected chi connectivity index (χ1v) is 16.3. The first-order chi connectivity index (χ1) is 24.3. The molecule has 8 aromatic rings. The minimum atomic E-state index is 0. The molecule has 0 bridgehead atoms. The monoisotopic (exact) mass is 819 g/mol. The van der Waals surface area contributed by atoms with Gasteiger partial charge in [-0.15, -0.1) is 47.5 Å². The second-order valence-electron chi connectivity index (χ2n) is 12.0. The molecule has 1 aliphatic rings. The molecule has 0 fully saturated rings. The van der Waals surface area contributed by atoms with Crippen LogP contribution in [0.2, 0.25) is 0 Å².